The summed E-state index contributed by atoms with van der Waals surface area (Å²) in [7, 11) is 1.65. The Bertz CT molecular complexity index is 694. The minimum atomic E-state index is 0.218. The van der Waals surface area contributed by atoms with E-state index < -0.39 is 0 Å². The summed E-state index contributed by atoms with van der Waals surface area (Å²) in [6.45, 7) is 6.24. The summed E-state index contributed by atoms with van der Waals surface area (Å²) in [6.07, 6.45) is 2.20. The van der Waals surface area contributed by atoms with Crippen molar-refractivity contribution in [3.63, 3.8) is 0 Å². The van der Waals surface area contributed by atoms with Crippen molar-refractivity contribution in [1.82, 2.24) is 10.1 Å². The number of hydrogen-bond donors (Lipinski definition) is 1. The highest BCUT2D eigenvalue weighted by atomic mass is 16.5. The predicted octanol–water partition coefficient (Wildman–Crippen LogP) is 2.84. The SMILES string of the molecule is COc1cc(CN2CCC[C@H]2CO)ccc1OCc1c(C)noc1C. The molecule has 1 N–H and O–H groups in total. The molecule has 1 aromatic carbocycles. The summed E-state index contributed by atoms with van der Waals surface area (Å²) in [6, 6.07) is 6.27. The second-order valence-electron chi connectivity index (χ2n) is 6.53. The molecule has 1 aromatic heterocycles. The summed E-state index contributed by atoms with van der Waals surface area (Å²) in [5, 5.41) is 13.4. The molecule has 2 aromatic rings. The van der Waals surface area contributed by atoms with Gasteiger partial charge in [-0.1, -0.05) is 11.2 Å². The Morgan fingerprint density at radius 3 is 2.84 bits per heavy atom. The fourth-order valence-corrected chi connectivity index (χ4v) is 3.33. The van der Waals surface area contributed by atoms with Gasteiger partial charge in [-0.15, -0.1) is 0 Å². The van der Waals surface area contributed by atoms with Crippen LogP contribution in [-0.2, 0) is 13.2 Å². The first-order valence-electron chi connectivity index (χ1n) is 8.68. The van der Waals surface area contributed by atoms with Crippen LogP contribution in [0.4, 0.5) is 0 Å². The van der Waals surface area contributed by atoms with E-state index in [1.807, 2.05) is 26.0 Å². The van der Waals surface area contributed by atoms with Crippen molar-refractivity contribution in [2.24, 2.45) is 0 Å². The monoisotopic (exact) mass is 346 g/mol. The minimum Gasteiger partial charge on any atom is -0.493 e. The lowest BCUT2D eigenvalue weighted by molar-refractivity contribution is 0.153. The van der Waals surface area contributed by atoms with Crippen LogP contribution in [0.3, 0.4) is 0 Å². The average Bonchev–Trinajstić information content (AvgIpc) is 3.20. The average molecular weight is 346 g/mol. The molecule has 1 saturated heterocycles. The van der Waals surface area contributed by atoms with Crippen LogP contribution >= 0.6 is 0 Å². The van der Waals surface area contributed by atoms with Gasteiger partial charge in [0.1, 0.15) is 12.4 Å². The molecule has 0 aliphatic carbocycles. The standard InChI is InChI=1S/C19H26N2O4/c1-13-17(14(2)25-20-13)12-24-18-7-6-15(9-19(18)23-3)10-21-8-4-5-16(21)11-22/h6-7,9,16,22H,4-5,8,10-12H2,1-3H3/t16-/m0/s1. The van der Waals surface area contributed by atoms with E-state index in [0.717, 1.165) is 48.5 Å². The Morgan fingerprint density at radius 1 is 1.32 bits per heavy atom. The largest absolute Gasteiger partial charge is 0.493 e. The lowest BCUT2D eigenvalue weighted by atomic mass is 10.1. The van der Waals surface area contributed by atoms with Crippen molar-refractivity contribution >= 4 is 0 Å². The number of aromatic nitrogens is 1. The fraction of sp³-hybridized carbons (Fsp3) is 0.526. The van der Waals surface area contributed by atoms with Crippen LogP contribution in [0, 0.1) is 13.8 Å². The van der Waals surface area contributed by atoms with E-state index in [1.165, 1.54) is 0 Å². The van der Waals surface area contributed by atoms with Crippen LogP contribution in [0.25, 0.3) is 0 Å². The highest BCUT2D eigenvalue weighted by Gasteiger charge is 2.23. The molecular weight excluding hydrogens is 320 g/mol. The first-order chi connectivity index (χ1) is 12.1. The second kappa shape index (κ2) is 7.89. The van der Waals surface area contributed by atoms with Crippen LogP contribution < -0.4 is 9.47 Å². The van der Waals surface area contributed by atoms with E-state index in [2.05, 4.69) is 16.1 Å². The van der Waals surface area contributed by atoms with Crippen molar-refractivity contribution in [2.45, 2.75) is 45.9 Å². The molecule has 0 saturated carbocycles. The van der Waals surface area contributed by atoms with E-state index in [9.17, 15) is 5.11 Å². The third kappa shape index (κ3) is 3.96. The number of likely N-dealkylation sites (tertiary alicyclic amines) is 1. The van der Waals surface area contributed by atoms with Crippen molar-refractivity contribution in [2.75, 3.05) is 20.3 Å². The highest BCUT2D eigenvalue weighted by Crippen LogP contribution is 2.31. The molecule has 1 fully saturated rings. The molecule has 0 bridgehead atoms. The molecule has 0 radical (unpaired) electrons. The Hall–Kier alpha value is -2.05. The van der Waals surface area contributed by atoms with Crippen LogP contribution in [0.5, 0.6) is 11.5 Å². The Balaban J connectivity index is 1.69. The van der Waals surface area contributed by atoms with Gasteiger partial charge in [-0.3, -0.25) is 4.90 Å². The number of methoxy groups -OCH3 is 1. The number of nitrogens with zero attached hydrogens (tertiary/aromatic N) is 2. The molecule has 6 heteroatoms. The molecule has 2 heterocycles. The van der Waals surface area contributed by atoms with Crippen LogP contribution in [-0.4, -0.2) is 41.5 Å². The molecule has 3 rings (SSSR count). The number of benzene rings is 1. The molecule has 136 valence electrons. The maximum Gasteiger partial charge on any atom is 0.161 e. The summed E-state index contributed by atoms with van der Waals surface area (Å²) in [5.74, 6) is 2.19. The van der Waals surface area contributed by atoms with Gasteiger partial charge in [-0.05, 0) is 50.9 Å². The first kappa shape index (κ1) is 17.8. The third-order valence-corrected chi connectivity index (χ3v) is 4.88. The Morgan fingerprint density at radius 2 is 2.16 bits per heavy atom. The molecule has 1 atom stereocenters. The Kier molecular flexibility index (Phi) is 5.60. The van der Waals surface area contributed by atoms with Gasteiger partial charge in [0, 0.05) is 12.6 Å². The zero-order valence-corrected chi connectivity index (χ0v) is 15.1. The summed E-state index contributed by atoms with van der Waals surface area (Å²) >= 11 is 0. The van der Waals surface area contributed by atoms with Crippen molar-refractivity contribution in [3.8, 4) is 11.5 Å². The number of hydrogen-bond acceptors (Lipinski definition) is 6. The molecule has 6 nitrogen and oxygen atoms in total. The zero-order chi connectivity index (χ0) is 17.8. The number of aliphatic hydroxyl groups is 1. The number of aryl methyl sites for hydroxylation is 2. The molecule has 0 amide bonds. The summed E-state index contributed by atoms with van der Waals surface area (Å²) < 4.78 is 16.6. The minimum absolute atomic E-state index is 0.218. The van der Waals surface area contributed by atoms with Crippen molar-refractivity contribution < 1.29 is 19.1 Å². The van der Waals surface area contributed by atoms with E-state index in [1.54, 1.807) is 7.11 Å². The number of rotatable bonds is 7. The maximum absolute atomic E-state index is 9.47. The van der Waals surface area contributed by atoms with E-state index in [4.69, 9.17) is 14.0 Å². The van der Waals surface area contributed by atoms with Gasteiger partial charge in [0.25, 0.3) is 0 Å². The molecule has 25 heavy (non-hydrogen) atoms. The van der Waals surface area contributed by atoms with Gasteiger partial charge in [-0.2, -0.15) is 0 Å². The lowest BCUT2D eigenvalue weighted by Gasteiger charge is -2.23. The number of aliphatic hydroxyl groups excluding tert-OH is 1. The summed E-state index contributed by atoms with van der Waals surface area (Å²) in [5.41, 5.74) is 2.97. The first-order valence-corrected chi connectivity index (χ1v) is 8.68. The predicted molar refractivity (Wildman–Crippen MR) is 93.8 cm³/mol. The van der Waals surface area contributed by atoms with Gasteiger partial charge in [0.2, 0.25) is 0 Å². The topological polar surface area (TPSA) is 68.0 Å². The van der Waals surface area contributed by atoms with Gasteiger partial charge in [0.15, 0.2) is 11.5 Å². The third-order valence-electron chi connectivity index (χ3n) is 4.88. The quantitative estimate of drug-likeness (QED) is 0.831. The second-order valence-corrected chi connectivity index (χ2v) is 6.53. The van der Waals surface area contributed by atoms with Crippen LogP contribution in [0.15, 0.2) is 22.7 Å². The lowest BCUT2D eigenvalue weighted by Crippen LogP contribution is -2.31. The molecular formula is C19H26N2O4. The van der Waals surface area contributed by atoms with Crippen molar-refractivity contribution in [3.05, 3.63) is 40.8 Å². The van der Waals surface area contributed by atoms with E-state index >= 15 is 0 Å². The number of ether oxygens (including phenoxy) is 2. The normalized spacial score (nSPS) is 17.8. The van der Waals surface area contributed by atoms with Crippen LogP contribution in [0.2, 0.25) is 0 Å². The van der Waals surface area contributed by atoms with E-state index in [0.29, 0.717) is 18.1 Å². The zero-order valence-electron chi connectivity index (χ0n) is 15.1. The fourth-order valence-electron chi connectivity index (χ4n) is 3.33. The maximum atomic E-state index is 9.47. The van der Waals surface area contributed by atoms with Gasteiger partial charge >= 0.3 is 0 Å². The smallest absolute Gasteiger partial charge is 0.161 e. The van der Waals surface area contributed by atoms with Crippen LogP contribution in [0.1, 0.15) is 35.4 Å². The van der Waals surface area contributed by atoms with Gasteiger partial charge in [-0.25, -0.2) is 0 Å². The molecule has 1 aliphatic rings. The van der Waals surface area contributed by atoms with Gasteiger partial charge in [0.05, 0.1) is 25.0 Å². The molecule has 0 unspecified atom stereocenters. The summed E-state index contributed by atoms with van der Waals surface area (Å²) in [4.78, 5) is 2.32. The van der Waals surface area contributed by atoms with Crippen molar-refractivity contribution in [1.29, 1.82) is 0 Å². The molecule has 1 aliphatic heterocycles. The molecule has 0 spiro atoms. The highest BCUT2D eigenvalue weighted by molar-refractivity contribution is 5.43. The Labute approximate surface area is 148 Å². The van der Waals surface area contributed by atoms with E-state index in [-0.39, 0.29) is 12.6 Å². The van der Waals surface area contributed by atoms with Gasteiger partial charge < -0.3 is 19.1 Å².